The molecule has 0 fully saturated rings. The van der Waals surface area contributed by atoms with Crippen LogP contribution < -0.4 is 5.32 Å². The number of hydrogen-bond donors (Lipinski definition) is 4. The molecule has 0 aromatic rings. The van der Waals surface area contributed by atoms with Gasteiger partial charge in [0.15, 0.2) is 0 Å². The minimum atomic E-state index is -1.13. The van der Waals surface area contributed by atoms with E-state index in [1.165, 1.54) is 154 Å². The summed E-state index contributed by atoms with van der Waals surface area (Å²) in [6, 6.07) is -0.808. The molecular formula is C43H83NO4. The van der Waals surface area contributed by atoms with Gasteiger partial charge in [-0.1, -0.05) is 199 Å². The Labute approximate surface area is 299 Å². The van der Waals surface area contributed by atoms with Crippen LogP contribution in [0.3, 0.4) is 0 Å². The molecule has 0 radical (unpaired) electrons. The topological polar surface area (TPSA) is 89.8 Å². The number of allylic oxidation sites excluding steroid dienone is 4. The number of carbonyl (C=O) groups is 1. The van der Waals surface area contributed by atoms with E-state index in [2.05, 4.69) is 43.5 Å². The number of aliphatic hydroxyl groups excluding tert-OH is 3. The number of nitrogens with one attached hydrogen (secondary N) is 1. The highest BCUT2D eigenvalue weighted by atomic mass is 16.3. The molecule has 0 saturated carbocycles. The summed E-state index contributed by atoms with van der Waals surface area (Å²) in [5.74, 6) is -0.148. The molecule has 0 bridgehead atoms. The zero-order valence-corrected chi connectivity index (χ0v) is 32.1. The van der Waals surface area contributed by atoms with E-state index in [9.17, 15) is 20.1 Å². The highest BCUT2D eigenvalue weighted by Gasteiger charge is 2.26. The molecule has 1 amide bonds. The first kappa shape index (κ1) is 46.8. The van der Waals surface area contributed by atoms with Crippen molar-refractivity contribution in [2.45, 2.75) is 238 Å². The van der Waals surface area contributed by atoms with Crippen LogP contribution >= 0.6 is 0 Å². The molecule has 0 aromatic carbocycles. The van der Waals surface area contributed by atoms with E-state index in [0.29, 0.717) is 12.8 Å². The van der Waals surface area contributed by atoms with Crippen molar-refractivity contribution in [3.05, 3.63) is 24.3 Å². The van der Waals surface area contributed by atoms with Gasteiger partial charge in [-0.3, -0.25) is 4.79 Å². The van der Waals surface area contributed by atoms with E-state index in [0.717, 1.165) is 38.5 Å². The summed E-state index contributed by atoms with van der Waals surface area (Å²) in [4.78, 5) is 12.4. The Bertz CT molecular complexity index is 709. The average Bonchev–Trinajstić information content (AvgIpc) is 3.09. The lowest BCUT2D eigenvalue weighted by atomic mass is 9.99. The SMILES string of the molecule is CCCCC/C=C\C=C/CCCCCCCCCCCCC(=O)NC(CO)C(O)C(O)CCCCCCCCCCCCCCCCC. The van der Waals surface area contributed by atoms with Gasteiger partial charge in [-0.25, -0.2) is 0 Å². The van der Waals surface area contributed by atoms with Crippen molar-refractivity contribution < 1.29 is 20.1 Å². The van der Waals surface area contributed by atoms with E-state index in [1.807, 2.05) is 0 Å². The molecule has 284 valence electrons. The molecule has 48 heavy (non-hydrogen) atoms. The number of amides is 1. The second-order valence-corrected chi connectivity index (χ2v) is 14.6. The lowest BCUT2D eigenvalue weighted by Gasteiger charge is -2.26. The van der Waals surface area contributed by atoms with Crippen LogP contribution in [0.15, 0.2) is 24.3 Å². The summed E-state index contributed by atoms with van der Waals surface area (Å²) in [7, 11) is 0. The Hall–Kier alpha value is -1.17. The van der Waals surface area contributed by atoms with Gasteiger partial charge < -0.3 is 20.6 Å². The minimum Gasteiger partial charge on any atom is -0.394 e. The zero-order valence-electron chi connectivity index (χ0n) is 32.1. The van der Waals surface area contributed by atoms with Gasteiger partial charge in [0.1, 0.15) is 6.10 Å². The number of unbranched alkanes of at least 4 members (excludes halogenated alkanes) is 27. The monoisotopic (exact) mass is 678 g/mol. The Morgan fingerprint density at radius 2 is 0.875 bits per heavy atom. The Balaban J connectivity index is 3.64. The summed E-state index contributed by atoms with van der Waals surface area (Å²) in [5.41, 5.74) is 0. The summed E-state index contributed by atoms with van der Waals surface area (Å²) in [5, 5.41) is 33.5. The van der Waals surface area contributed by atoms with Gasteiger partial charge in [0, 0.05) is 6.42 Å². The molecule has 3 unspecified atom stereocenters. The molecule has 0 heterocycles. The lowest BCUT2D eigenvalue weighted by Crippen LogP contribution is -2.50. The van der Waals surface area contributed by atoms with Gasteiger partial charge in [0.2, 0.25) is 5.91 Å². The first-order valence-corrected chi connectivity index (χ1v) is 21.1. The molecule has 0 aromatic heterocycles. The van der Waals surface area contributed by atoms with Crippen LogP contribution in [0.1, 0.15) is 219 Å². The second-order valence-electron chi connectivity index (χ2n) is 14.6. The Kier molecular flexibility index (Phi) is 37.7. The van der Waals surface area contributed by atoms with Gasteiger partial charge in [0.05, 0.1) is 18.8 Å². The maximum atomic E-state index is 12.4. The summed E-state index contributed by atoms with van der Waals surface area (Å²) in [6.45, 7) is 4.15. The summed E-state index contributed by atoms with van der Waals surface area (Å²) < 4.78 is 0. The van der Waals surface area contributed by atoms with Crippen molar-refractivity contribution >= 4 is 5.91 Å². The molecule has 5 heteroatoms. The fourth-order valence-corrected chi connectivity index (χ4v) is 6.51. The van der Waals surface area contributed by atoms with Crippen molar-refractivity contribution in [1.29, 1.82) is 0 Å². The smallest absolute Gasteiger partial charge is 0.220 e. The number of hydrogen-bond acceptors (Lipinski definition) is 4. The maximum absolute atomic E-state index is 12.4. The fraction of sp³-hybridized carbons (Fsp3) is 0.884. The van der Waals surface area contributed by atoms with Crippen molar-refractivity contribution in [2.75, 3.05) is 6.61 Å². The van der Waals surface area contributed by atoms with Crippen LogP contribution in [0.4, 0.5) is 0 Å². The molecule has 4 N–H and O–H groups in total. The standard InChI is InChI=1S/C43H83NO4/c1-3-5-7-9-11-13-15-17-19-20-21-22-24-26-28-30-32-34-36-38-42(47)44-40(39-45)43(48)41(46)37-35-33-31-29-27-25-23-18-16-14-12-10-8-6-4-2/h11,13,15,17,40-41,43,45-46,48H,3-10,12,14,16,18-39H2,1-2H3,(H,44,47)/b13-11-,17-15-. The normalized spacial score (nSPS) is 13.9. The largest absolute Gasteiger partial charge is 0.394 e. The number of carbonyl (C=O) groups excluding carboxylic acids is 1. The van der Waals surface area contributed by atoms with Crippen LogP contribution in [-0.4, -0.2) is 46.1 Å². The number of aliphatic hydroxyl groups is 3. The third-order valence-corrected chi connectivity index (χ3v) is 9.84. The van der Waals surface area contributed by atoms with Crippen molar-refractivity contribution in [3.63, 3.8) is 0 Å². The third kappa shape index (κ3) is 33.3. The third-order valence-electron chi connectivity index (χ3n) is 9.84. The average molecular weight is 678 g/mol. The molecule has 0 aliphatic carbocycles. The van der Waals surface area contributed by atoms with Gasteiger partial charge in [0.25, 0.3) is 0 Å². The highest BCUT2D eigenvalue weighted by molar-refractivity contribution is 5.76. The van der Waals surface area contributed by atoms with Gasteiger partial charge in [-0.2, -0.15) is 0 Å². The van der Waals surface area contributed by atoms with Crippen LogP contribution in [-0.2, 0) is 4.79 Å². The van der Waals surface area contributed by atoms with Crippen LogP contribution in [0, 0.1) is 0 Å². The quantitative estimate of drug-likeness (QED) is 0.0387. The maximum Gasteiger partial charge on any atom is 0.220 e. The van der Waals surface area contributed by atoms with E-state index in [1.54, 1.807) is 0 Å². The van der Waals surface area contributed by atoms with Crippen molar-refractivity contribution in [3.8, 4) is 0 Å². The van der Waals surface area contributed by atoms with E-state index < -0.39 is 18.2 Å². The van der Waals surface area contributed by atoms with E-state index in [-0.39, 0.29) is 12.5 Å². The molecule has 0 saturated heterocycles. The molecule has 0 spiro atoms. The molecule has 0 aliphatic rings. The summed E-state index contributed by atoms with van der Waals surface area (Å²) >= 11 is 0. The van der Waals surface area contributed by atoms with Crippen LogP contribution in [0.5, 0.6) is 0 Å². The van der Waals surface area contributed by atoms with Gasteiger partial charge in [-0.05, 0) is 38.5 Å². The lowest BCUT2D eigenvalue weighted by molar-refractivity contribution is -0.124. The highest BCUT2D eigenvalue weighted by Crippen LogP contribution is 2.16. The Morgan fingerprint density at radius 1 is 0.521 bits per heavy atom. The zero-order chi connectivity index (χ0) is 35.2. The molecular weight excluding hydrogens is 594 g/mol. The van der Waals surface area contributed by atoms with Crippen LogP contribution in [0.25, 0.3) is 0 Å². The minimum absolute atomic E-state index is 0.148. The van der Waals surface area contributed by atoms with E-state index >= 15 is 0 Å². The van der Waals surface area contributed by atoms with Crippen LogP contribution in [0.2, 0.25) is 0 Å². The predicted octanol–water partition coefficient (Wildman–Crippen LogP) is 11.8. The van der Waals surface area contributed by atoms with Gasteiger partial charge in [-0.15, -0.1) is 0 Å². The van der Waals surface area contributed by atoms with Crippen molar-refractivity contribution in [2.24, 2.45) is 0 Å². The van der Waals surface area contributed by atoms with Crippen molar-refractivity contribution in [1.82, 2.24) is 5.32 Å². The summed E-state index contributed by atoms with van der Waals surface area (Å²) in [6.07, 6.45) is 45.6. The predicted molar refractivity (Wildman–Crippen MR) is 208 cm³/mol. The van der Waals surface area contributed by atoms with E-state index in [4.69, 9.17) is 0 Å². The molecule has 0 aliphatic heterocycles. The molecule has 3 atom stereocenters. The first-order valence-electron chi connectivity index (χ1n) is 21.1. The first-order chi connectivity index (χ1) is 23.6. The van der Waals surface area contributed by atoms with Gasteiger partial charge >= 0.3 is 0 Å². The molecule has 0 rings (SSSR count). The second kappa shape index (κ2) is 38.6. The fourth-order valence-electron chi connectivity index (χ4n) is 6.51. The Morgan fingerprint density at radius 3 is 1.31 bits per heavy atom. The molecule has 5 nitrogen and oxygen atoms in total. The number of rotatable bonds is 38.